The third-order valence-corrected chi connectivity index (χ3v) is 4.11. The summed E-state index contributed by atoms with van der Waals surface area (Å²) in [5.74, 6) is -0.691. The van der Waals surface area contributed by atoms with Crippen molar-refractivity contribution in [1.82, 2.24) is 10.9 Å². The average Bonchev–Trinajstić information content (AvgIpc) is 2.71. The molecule has 5 atom stereocenters. The van der Waals surface area contributed by atoms with E-state index in [4.69, 9.17) is 4.74 Å². The molecule has 0 spiro atoms. The highest BCUT2D eigenvalue weighted by atomic mass is 16.6. The molecule has 0 radical (unpaired) electrons. The summed E-state index contributed by atoms with van der Waals surface area (Å²) >= 11 is 0. The second-order valence-electron chi connectivity index (χ2n) is 6.06. The van der Waals surface area contributed by atoms with Gasteiger partial charge in [0.2, 0.25) is 0 Å². The van der Waals surface area contributed by atoms with Crippen LogP contribution >= 0.6 is 0 Å². The molecule has 0 aliphatic carbocycles. The number of ether oxygens (including phenoxy) is 1. The number of hydrazine groups is 2. The summed E-state index contributed by atoms with van der Waals surface area (Å²) in [6.45, 7) is 0. The number of nitrogens with one attached hydrogen (secondary N) is 4. The van der Waals surface area contributed by atoms with Gasteiger partial charge >= 0.3 is 0 Å². The Morgan fingerprint density at radius 1 is 0.778 bits per heavy atom. The van der Waals surface area contributed by atoms with Crippen molar-refractivity contribution in [3.63, 3.8) is 0 Å². The smallest absolute Gasteiger partial charge is 0.270 e. The molecule has 1 amide bonds. The van der Waals surface area contributed by atoms with Crippen LogP contribution in [-0.4, -0.2) is 51.9 Å². The molecule has 2 aromatic carbocycles. The molecule has 7 N–H and O–H groups in total. The molecule has 1 fully saturated rings. The molecule has 9 nitrogen and oxygen atoms in total. The van der Waals surface area contributed by atoms with Crippen molar-refractivity contribution in [2.24, 2.45) is 0 Å². The fraction of sp³-hybridized carbons (Fsp3) is 0.278. The molecule has 1 aliphatic rings. The molecule has 27 heavy (non-hydrogen) atoms. The van der Waals surface area contributed by atoms with Gasteiger partial charge in [-0.15, -0.1) is 0 Å². The van der Waals surface area contributed by atoms with E-state index in [1.807, 2.05) is 24.3 Å². The van der Waals surface area contributed by atoms with Crippen molar-refractivity contribution in [3.8, 4) is 0 Å². The van der Waals surface area contributed by atoms with Gasteiger partial charge in [-0.2, -0.15) is 0 Å². The Morgan fingerprint density at radius 3 is 1.93 bits per heavy atom. The zero-order valence-electron chi connectivity index (χ0n) is 14.3. The van der Waals surface area contributed by atoms with Crippen LogP contribution in [0.1, 0.15) is 0 Å². The normalized spacial score (nSPS) is 27.6. The first-order valence-electron chi connectivity index (χ1n) is 8.43. The van der Waals surface area contributed by atoms with Gasteiger partial charge in [-0.25, -0.2) is 5.43 Å². The van der Waals surface area contributed by atoms with Gasteiger partial charge in [0.25, 0.3) is 5.91 Å². The van der Waals surface area contributed by atoms with Crippen LogP contribution in [0.15, 0.2) is 60.7 Å². The molecule has 3 rings (SSSR count). The van der Waals surface area contributed by atoms with Crippen LogP contribution in [0.4, 0.5) is 11.4 Å². The number of benzene rings is 2. The molecule has 0 aromatic heterocycles. The van der Waals surface area contributed by atoms with Crippen molar-refractivity contribution in [1.29, 1.82) is 0 Å². The van der Waals surface area contributed by atoms with Gasteiger partial charge in [-0.1, -0.05) is 36.4 Å². The highest BCUT2D eigenvalue weighted by molar-refractivity contribution is 5.82. The van der Waals surface area contributed by atoms with Crippen molar-refractivity contribution < 1.29 is 24.9 Å². The monoisotopic (exact) mass is 374 g/mol. The van der Waals surface area contributed by atoms with E-state index in [1.165, 1.54) is 0 Å². The molecule has 144 valence electrons. The Bertz CT molecular complexity index is 733. The maximum Gasteiger partial charge on any atom is 0.270 e. The first-order chi connectivity index (χ1) is 13.1. The molecule has 9 heteroatoms. The lowest BCUT2D eigenvalue weighted by Crippen LogP contribution is -2.65. The molecular formula is C18H22N4O5. The van der Waals surface area contributed by atoms with Gasteiger partial charge in [0.05, 0.1) is 5.69 Å². The number of amides is 1. The van der Waals surface area contributed by atoms with E-state index in [9.17, 15) is 20.1 Å². The molecule has 0 unspecified atom stereocenters. The summed E-state index contributed by atoms with van der Waals surface area (Å²) in [5, 5.41) is 30.3. The number of rotatable bonds is 6. The number of hydrogen-bond acceptors (Lipinski definition) is 8. The Kier molecular flexibility index (Phi) is 6.22. The minimum atomic E-state index is -1.59. The predicted octanol–water partition coefficient (Wildman–Crippen LogP) is -0.446. The largest absolute Gasteiger partial charge is 0.387 e. The van der Waals surface area contributed by atoms with Crippen LogP contribution in [0.5, 0.6) is 0 Å². The van der Waals surface area contributed by atoms with E-state index in [1.54, 1.807) is 36.4 Å². The van der Waals surface area contributed by atoms with Gasteiger partial charge < -0.3 is 25.5 Å². The Morgan fingerprint density at radius 2 is 1.33 bits per heavy atom. The molecule has 1 saturated heterocycles. The third kappa shape index (κ3) is 4.73. The SMILES string of the molecule is O=C(NNc1ccccc1)[C@@H]1O[C@@H](NNc2ccccc2)[C@@H](O)[C@H](O)[C@@H]1O. The van der Waals surface area contributed by atoms with Gasteiger partial charge in [0.15, 0.2) is 12.3 Å². The molecule has 0 saturated carbocycles. The summed E-state index contributed by atoms with van der Waals surface area (Å²) in [5.41, 5.74) is 12.0. The number of carbonyl (C=O) groups is 1. The zero-order chi connectivity index (χ0) is 19.2. The number of anilines is 2. The molecule has 2 aromatic rings. The maximum absolute atomic E-state index is 12.4. The van der Waals surface area contributed by atoms with Crippen LogP contribution in [0.2, 0.25) is 0 Å². The van der Waals surface area contributed by atoms with E-state index >= 15 is 0 Å². The Balaban J connectivity index is 1.60. The quantitative estimate of drug-likeness (QED) is 0.338. The van der Waals surface area contributed by atoms with Crippen molar-refractivity contribution in [3.05, 3.63) is 60.7 Å². The van der Waals surface area contributed by atoms with Crippen molar-refractivity contribution >= 4 is 17.3 Å². The third-order valence-electron chi connectivity index (χ3n) is 4.11. The molecule has 0 bridgehead atoms. The summed E-state index contributed by atoms with van der Waals surface area (Å²) in [6.07, 6.45) is -7.12. The Hall–Kier alpha value is -2.69. The van der Waals surface area contributed by atoms with Crippen LogP contribution in [0.25, 0.3) is 0 Å². The standard InChI is InChI=1S/C18H22N4O5/c23-13-14(24)16(17(26)21-19-11-7-3-1-4-8-11)27-18(15(13)25)22-20-12-9-5-2-6-10-12/h1-10,13-16,18-20,22-25H,(H,21,26)/t13-,14+,15+,16-,18-/m1/s1. The Labute approximate surface area is 155 Å². The highest BCUT2D eigenvalue weighted by Gasteiger charge is 2.46. The van der Waals surface area contributed by atoms with E-state index < -0.39 is 36.6 Å². The first kappa shape index (κ1) is 19.1. The number of hydrogen-bond donors (Lipinski definition) is 7. The minimum Gasteiger partial charge on any atom is -0.387 e. The lowest BCUT2D eigenvalue weighted by molar-refractivity contribution is -0.225. The van der Waals surface area contributed by atoms with Crippen LogP contribution in [-0.2, 0) is 9.53 Å². The maximum atomic E-state index is 12.4. The predicted molar refractivity (Wildman–Crippen MR) is 98.1 cm³/mol. The first-order valence-corrected chi connectivity index (χ1v) is 8.43. The van der Waals surface area contributed by atoms with Crippen LogP contribution in [0.3, 0.4) is 0 Å². The molecular weight excluding hydrogens is 352 g/mol. The second kappa shape index (κ2) is 8.80. The number of aliphatic hydroxyl groups excluding tert-OH is 3. The van der Waals surface area contributed by atoms with Gasteiger partial charge in [0, 0.05) is 5.69 Å². The topological polar surface area (TPSA) is 135 Å². The van der Waals surface area contributed by atoms with Gasteiger partial charge in [-0.3, -0.25) is 15.6 Å². The lowest BCUT2D eigenvalue weighted by Gasteiger charge is -2.40. The summed E-state index contributed by atoms with van der Waals surface area (Å²) in [4.78, 5) is 12.4. The van der Waals surface area contributed by atoms with E-state index in [0.717, 1.165) is 0 Å². The van der Waals surface area contributed by atoms with E-state index in [-0.39, 0.29) is 0 Å². The van der Waals surface area contributed by atoms with E-state index in [0.29, 0.717) is 11.4 Å². The van der Waals surface area contributed by atoms with E-state index in [2.05, 4.69) is 21.7 Å². The summed E-state index contributed by atoms with van der Waals surface area (Å²) in [6, 6.07) is 17.9. The summed E-state index contributed by atoms with van der Waals surface area (Å²) in [7, 11) is 0. The molecule has 1 heterocycles. The number of carbonyl (C=O) groups excluding carboxylic acids is 1. The summed E-state index contributed by atoms with van der Waals surface area (Å²) < 4.78 is 5.47. The van der Waals surface area contributed by atoms with Crippen molar-refractivity contribution in [2.75, 3.05) is 10.9 Å². The minimum absolute atomic E-state index is 0.636. The fourth-order valence-corrected chi connectivity index (χ4v) is 2.62. The zero-order valence-corrected chi connectivity index (χ0v) is 14.3. The fourth-order valence-electron chi connectivity index (χ4n) is 2.62. The van der Waals surface area contributed by atoms with Gasteiger partial charge in [-0.05, 0) is 24.3 Å². The number of aliphatic hydroxyl groups is 3. The molecule has 1 aliphatic heterocycles. The van der Waals surface area contributed by atoms with Crippen LogP contribution in [0, 0.1) is 0 Å². The second-order valence-corrected chi connectivity index (χ2v) is 6.06. The lowest BCUT2D eigenvalue weighted by atomic mass is 9.98. The van der Waals surface area contributed by atoms with Crippen LogP contribution < -0.4 is 21.7 Å². The average molecular weight is 374 g/mol. The van der Waals surface area contributed by atoms with Crippen molar-refractivity contribution in [2.45, 2.75) is 30.6 Å². The van der Waals surface area contributed by atoms with Gasteiger partial charge in [0.1, 0.15) is 18.3 Å². The number of para-hydroxylation sites is 2. The highest BCUT2D eigenvalue weighted by Crippen LogP contribution is 2.20.